The molecule has 1 aliphatic rings. The second kappa shape index (κ2) is 6.66. The number of nitrogens with zero attached hydrogens (tertiary/aromatic N) is 1. The highest BCUT2D eigenvalue weighted by Gasteiger charge is 2.20. The molecule has 1 atom stereocenters. The van der Waals surface area contributed by atoms with E-state index in [1.807, 2.05) is 25.2 Å². The first kappa shape index (κ1) is 15.3. The van der Waals surface area contributed by atoms with E-state index in [2.05, 4.69) is 22.2 Å². The van der Waals surface area contributed by atoms with Crippen molar-refractivity contribution in [3.8, 4) is 5.75 Å². The summed E-state index contributed by atoms with van der Waals surface area (Å²) in [6, 6.07) is 5.58. The maximum absolute atomic E-state index is 11.7. The molecular formula is C17H19N3O3. The van der Waals surface area contributed by atoms with E-state index in [0.29, 0.717) is 24.7 Å². The summed E-state index contributed by atoms with van der Waals surface area (Å²) < 4.78 is 11.3. The normalized spacial score (nSPS) is 17.0. The van der Waals surface area contributed by atoms with Gasteiger partial charge in [0.2, 0.25) is 5.91 Å². The maximum Gasteiger partial charge on any atom is 0.247 e. The minimum absolute atomic E-state index is 0.0145. The van der Waals surface area contributed by atoms with Gasteiger partial charge in [-0.2, -0.15) is 0 Å². The lowest BCUT2D eigenvalue weighted by molar-refractivity contribution is -0.111. The van der Waals surface area contributed by atoms with E-state index in [4.69, 9.17) is 9.47 Å². The fourth-order valence-electron chi connectivity index (χ4n) is 2.56. The smallest absolute Gasteiger partial charge is 0.247 e. The second-order valence-corrected chi connectivity index (χ2v) is 5.27. The van der Waals surface area contributed by atoms with Crippen LogP contribution in [0, 0.1) is 0 Å². The molecule has 2 heterocycles. The van der Waals surface area contributed by atoms with Gasteiger partial charge in [0, 0.05) is 36.8 Å². The number of benzene rings is 1. The van der Waals surface area contributed by atoms with E-state index in [0.717, 1.165) is 23.0 Å². The standard InChI is InChI=1S/C17H19N3O3/c1-3-17(21)20-15-8-12-13(18-2)4-6-19-14(12)9-16(15)23-11-5-7-22-10-11/h3-4,6,8-9,11H,1,5,7,10H2,2H3,(H,18,19)(H,20,21)/t11-/m0/s1. The third-order valence-electron chi connectivity index (χ3n) is 3.74. The molecule has 23 heavy (non-hydrogen) atoms. The summed E-state index contributed by atoms with van der Waals surface area (Å²) in [5.41, 5.74) is 2.32. The molecule has 1 amide bonds. The van der Waals surface area contributed by atoms with Crippen LogP contribution in [0.25, 0.3) is 10.9 Å². The van der Waals surface area contributed by atoms with Crippen molar-refractivity contribution in [2.75, 3.05) is 30.9 Å². The first-order valence-corrected chi connectivity index (χ1v) is 7.49. The topological polar surface area (TPSA) is 72.5 Å². The van der Waals surface area contributed by atoms with Crippen LogP contribution in [-0.4, -0.2) is 37.3 Å². The van der Waals surface area contributed by atoms with Crippen molar-refractivity contribution in [3.63, 3.8) is 0 Å². The van der Waals surface area contributed by atoms with Crippen molar-refractivity contribution < 1.29 is 14.3 Å². The van der Waals surface area contributed by atoms with Gasteiger partial charge < -0.3 is 20.1 Å². The molecule has 1 fully saturated rings. The van der Waals surface area contributed by atoms with E-state index in [-0.39, 0.29) is 12.0 Å². The van der Waals surface area contributed by atoms with E-state index in [1.54, 1.807) is 6.20 Å². The minimum atomic E-state index is -0.285. The van der Waals surface area contributed by atoms with E-state index in [1.165, 1.54) is 6.08 Å². The highest BCUT2D eigenvalue weighted by molar-refractivity contribution is 6.03. The fourth-order valence-corrected chi connectivity index (χ4v) is 2.56. The maximum atomic E-state index is 11.7. The number of aromatic nitrogens is 1. The summed E-state index contributed by atoms with van der Waals surface area (Å²) in [5.74, 6) is 0.302. The Balaban J connectivity index is 2.04. The van der Waals surface area contributed by atoms with Gasteiger partial charge in [0.05, 0.1) is 24.4 Å². The molecule has 0 spiro atoms. The molecule has 0 aliphatic carbocycles. The van der Waals surface area contributed by atoms with Crippen LogP contribution in [-0.2, 0) is 9.53 Å². The van der Waals surface area contributed by atoms with Crippen LogP contribution >= 0.6 is 0 Å². The van der Waals surface area contributed by atoms with Crippen molar-refractivity contribution in [2.45, 2.75) is 12.5 Å². The van der Waals surface area contributed by atoms with Gasteiger partial charge in [0.25, 0.3) is 0 Å². The fraction of sp³-hybridized carbons (Fsp3) is 0.294. The molecule has 120 valence electrons. The molecular weight excluding hydrogens is 294 g/mol. The lowest BCUT2D eigenvalue weighted by Crippen LogP contribution is -2.17. The minimum Gasteiger partial charge on any atom is -0.486 e. The van der Waals surface area contributed by atoms with Gasteiger partial charge in [-0.15, -0.1) is 0 Å². The van der Waals surface area contributed by atoms with Crippen LogP contribution in [0.3, 0.4) is 0 Å². The molecule has 2 aromatic rings. The number of hydrogen-bond acceptors (Lipinski definition) is 5. The molecule has 6 nitrogen and oxygen atoms in total. The summed E-state index contributed by atoms with van der Waals surface area (Å²) in [5, 5.41) is 6.83. The number of pyridine rings is 1. The molecule has 0 radical (unpaired) electrons. The number of rotatable bonds is 5. The molecule has 6 heteroatoms. The number of carbonyl (C=O) groups is 1. The van der Waals surface area contributed by atoms with E-state index >= 15 is 0 Å². The Morgan fingerprint density at radius 2 is 2.35 bits per heavy atom. The SMILES string of the molecule is C=CC(=O)Nc1cc2c(NC)ccnc2cc1O[C@H]1CCOC1. The number of ether oxygens (including phenoxy) is 2. The molecule has 3 rings (SSSR count). The monoisotopic (exact) mass is 313 g/mol. The predicted molar refractivity (Wildman–Crippen MR) is 90.0 cm³/mol. The van der Waals surface area contributed by atoms with E-state index < -0.39 is 0 Å². The Kier molecular flexibility index (Phi) is 4.43. The van der Waals surface area contributed by atoms with Gasteiger partial charge in [-0.3, -0.25) is 9.78 Å². The van der Waals surface area contributed by atoms with Crippen LogP contribution in [0.1, 0.15) is 6.42 Å². The first-order valence-electron chi connectivity index (χ1n) is 7.49. The van der Waals surface area contributed by atoms with Crippen molar-refractivity contribution in [1.29, 1.82) is 0 Å². The average Bonchev–Trinajstić information content (AvgIpc) is 3.07. The lowest BCUT2D eigenvalue weighted by Gasteiger charge is -2.17. The number of hydrogen-bond donors (Lipinski definition) is 2. The number of nitrogens with one attached hydrogen (secondary N) is 2. The highest BCUT2D eigenvalue weighted by Crippen LogP contribution is 2.34. The van der Waals surface area contributed by atoms with Crippen molar-refractivity contribution in [1.82, 2.24) is 4.98 Å². The van der Waals surface area contributed by atoms with Gasteiger partial charge in [0.1, 0.15) is 11.9 Å². The largest absolute Gasteiger partial charge is 0.486 e. The molecule has 1 aromatic carbocycles. The van der Waals surface area contributed by atoms with E-state index in [9.17, 15) is 4.79 Å². The van der Waals surface area contributed by atoms with Gasteiger partial charge in [-0.25, -0.2) is 0 Å². The molecule has 0 bridgehead atoms. The Morgan fingerprint density at radius 3 is 3.04 bits per heavy atom. The molecule has 1 aromatic heterocycles. The Labute approximate surface area is 134 Å². The number of fused-ring (bicyclic) bond motifs is 1. The summed E-state index contributed by atoms with van der Waals surface area (Å²) in [6.07, 6.45) is 3.78. The Bertz CT molecular complexity index is 739. The second-order valence-electron chi connectivity index (χ2n) is 5.27. The Morgan fingerprint density at radius 1 is 1.48 bits per heavy atom. The van der Waals surface area contributed by atoms with Crippen LogP contribution < -0.4 is 15.4 Å². The zero-order chi connectivity index (χ0) is 16.2. The number of anilines is 2. The van der Waals surface area contributed by atoms with Crippen LogP contribution in [0.2, 0.25) is 0 Å². The zero-order valence-electron chi connectivity index (χ0n) is 13.0. The van der Waals surface area contributed by atoms with Crippen LogP contribution in [0.4, 0.5) is 11.4 Å². The van der Waals surface area contributed by atoms with Crippen LogP contribution in [0.15, 0.2) is 37.1 Å². The van der Waals surface area contributed by atoms with Crippen molar-refractivity contribution in [3.05, 3.63) is 37.1 Å². The Hall–Kier alpha value is -2.60. The van der Waals surface area contributed by atoms with Crippen molar-refractivity contribution >= 4 is 28.2 Å². The quantitative estimate of drug-likeness (QED) is 0.830. The molecule has 0 unspecified atom stereocenters. The summed E-state index contributed by atoms with van der Waals surface area (Å²) >= 11 is 0. The third-order valence-corrected chi connectivity index (χ3v) is 3.74. The number of amides is 1. The van der Waals surface area contributed by atoms with Gasteiger partial charge in [-0.05, 0) is 18.2 Å². The predicted octanol–water partition coefficient (Wildman–Crippen LogP) is 2.57. The number of carbonyl (C=O) groups excluding carboxylic acids is 1. The highest BCUT2D eigenvalue weighted by atomic mass is 16.5. The summed E-state index contributed by atoms with van der Waals surface area (Å²) in [4.78, 5) is 16.1. The molecule has 1 aliphatic heterocycles. The lowest BCUT2D eigenvalue weighted by atomic mass is 10.1. The zero-order valence-corrected chi connectivity index (χ0v) is 13.0. The summed E-state index contributed by atoms with van der Waals surface area (Å²) in [6.45, 7) is 4.73. The summed E-state index contributed by atoms with van der Waals surface area (Å²) in [7, 11) is 1.84. The van der Waals surface area contributed by atoms with Crippen LogP contribution in [0.5, 0.6) is 5.75 Å². The molecule has 0 saturated carbocycles. The average molecular weight is 313 g/mol. The van der Waals surface area contributed by atoms with Gasteiger partial charge >= 0.3 is 0 Å². The van der Waals surface area contributed by atoms with Gasteiger partial charge in [0.15, 0.2) is 0 Å². The third kappa shape index (κ3) is 3.27. The first-order chi connectivity index (χ1) is 11.2. The van der Waals surface area contributed by atoms with Crippen molar-refractivity contribution in [2.24, 2.45) is 0 Å². The molecule has 1 saturated heterocycles. The van der Waals surface area contributed by atoms with Gasteiger partial charge in [-0.1, -0.05) is 6.58 Å². The molecule has 2 N–H and O–H groups in total.